The molecule has 0 fully saturated rings. The molecular weight excluding hydrogens is 210 g/mol. The first-order chi connectivity index (χ1) is 7.63. The van der Waals surface area contributed by atoms with Crippen molar-refractivity contribution in [3.05, 3.63) is 12.0 Å². The second kappa shape index (κ2) is 5.50. The molecule has 0 aliphatic rings. The van der Waals surface area contributed by atoms with Gasteiger partial charge in [-0.15, -0.1) is 0 Å². The maximum Gasteiger partial charge on any atom is 0.304 e. The highest BCUT2D eigenvalue weighted by Crippen LogP contribution is 2.10. The number of nitrogens with zero attached hydrogens (tertiary/aromatic N) is 4. The minimum Gasteiger partial charge on any atom is -0.444 e. The molecule has 1 rings (SSSR count). The molecule has 1 N–H and O–H groups in total. The molecule has 16 heavy (non-hydrogen) atoms. The van der Waals surface area contributed by atoms with E-state index in [0.717, 1.165) is 0 Å². The molecule has 0 radical (unpaired) electrons. The van der Waals surface area contributed by atoms with E-state index in [9.17, 15) is 4.79 Å². The Labute approximate surface area is 92.4 Å². The monoisotopic (exact) mass is 221 g/mol. The molecule has 0 unspecified atom stereocenters. The van der Waals surface area contributed by atoms with E-state index in [-0.39, 0.29) is 12.7 Å². The van der Waals surface area contributed by atoms with Gasteiger partial charge < -0.3 is 4.74 Å². The zero-order valence-corrected chi connectivity index (χ0v) is 8.97. The van der Waals surface area contributed by atoms with Crippen molar-refractivity contribution in [3.8, 4) is 6.19 Å². The molecule has 0 aliphatic heterocycles. The number of aliphatic imine (C=N–C) groups is 1. The lowest BCUT2D eigenvalue weighted by Gasteiger charge is -2.03. The van der Waals surface area contributed by atoms with Gasteiger partial charge in [0, 0.05) is 6.92 Å². The molecule has 0 atom stereocenters. The van der Waals surface area contributed by atoms with Crippen LogP contribution in [0, 0.1) is 18.4 Å². The zero-order chi connectivity index (χ0) is 12.0. The maximum absolute atomic E-state index is 10.6. The molecule has 0 saturated heterocycles. The summed E-state index contributed by atoms with van der Waals surface area (Å²) in [6.07, 6.45) is 4.55. The minimum absolute atomic E-state index is 0.107. The maximum atomic E-state index is 10.6. The first kappa shape index (κ1) is 11.7. The summed E-state index contributed by atoms with van der Waals surface area (Å²) >= 11 is 0. The highest BCUT2D eigenvalue weighted by Gasteiger charge is 2.03. The van der Waals surface area contributed by atoms with Gasteiger partial charge in [0.15, 0.2) is 18.7 Å². The SMILES string of the molecule is CC(=O)OCn1cc(/N=C\NC#N)nc1C. The molecule has 1 heterocycles. The van der Waals surface area contributed by atoms with Crippen LogP contribution in [0.25, 0.3) is 0 Å². The molecule has 1 aromatic rings. The third-order valence-corrected chi connectivity index (χ3v) is 1.70. The Morgan fingerprint density at radius 2 is 2.62 bits per heavy atom. The normalized spacial score (nSPS) is 10.1. The van der Waals surface area contributed by atoms with Gasteiger partial charge in [0.05, 0.1) is 6.20 Å². The van der Waals surface area contributed by atoms with Gasteiger partial charge in [0.25, 0.3) is 0 Å². The number of nitriles is 1. The van der Waals surface area contributed by atoms with Gasteiger partial charge in [-0.25, -0.2) is 9.98 Å². The van der Waals surface area contributed by atoms with E-state index >= 15 is 0 Å². The smallest absolute Gasteiger partial charge is 0.304 e. The topological polar surface area (TPSA) is 92.3 Å². The number of hydrogen-bond acceptors (Lipinski definition) is 5. The van der Waals surface area contributed by atoms with E-state index in [0.29, 0.717) is 11.6 Å². The van der Waals surface area contributed by atoms with Gasteiger partial charge >= 0.3 is 5.97 Å². The van der Waals surface area contributed by atoms with E-state index in [2.05, 4.69) is 15.3 Å². The molecule has 0 aliphatic carbocycles. The number of ether oxygens (including phenoxy) is 1. The molecule has 0 aromatic carbocycles. The van der Waals surface area contributed by atoms with E-state index in [1.54, 1.807) is 23.9 Å². The molecule has 1 aromatic heterocycles. The Hall–Kier alpha value is -2.36. The molecule has 0 bridgehead atoms. The summed E-state index contributed by atoms with van der Waals surface area (Å²) in [4.78, 5) is 18.6. The van der Waals surface area contributed by atoms with Crippen LogP contribution >= 0.6 is 0 Å². The van der Waals surface area contributed by atoms with E-state index in [1.807, 2.05) is 0 Å². The van der Waals surface area contributed by atoms with Crippen LogP contribution in [0.2, 0.25) is 0 Å². The summed E-state index contributed by atoms with van der Waals surface area (Å²) in [5.41, 5.74) is 0. The van der Waals surface area contributed by atoms with Crippen molar-refractivity contribution in [2.45, 2.75) is 20.6 Å². The van der Waals surface area contributed by atoms with E-state index < -0.39 is 0 Å². The van der Waals surface area contributed by atoms with E-state index in [1.165, 1.54) is 13.3 Å². The van der Waals surface area contributed by atoms with Crippen molar-refractivity contribution < 1.29 is 9.53 Å². The summed E-state index contributed by atoms with van der Waals surface area (Å²) < 4.78 is 6.45. The van der Waals surface area contributed by atoms with Gasteiger partial charge in [-0.05, 0) is 6.92 Å². The first-order valence-corrected chi connectivity index (χ1v) is 4.47. The summed E-state index contributed by atoms with van der Waals surface area (Å²) in [7, 11) is 0. The van der Waals surface area contributed by atoms with Gasteiger partial charge in [-0.3, -0.25) is 14.7 Å². The van der Waals surface area contributed by atoms with Gasteiger partial charge in [-0.1, -0.05) is 0 Å². The number of rotatable bonds is 4. The fraction of sp³-hybridized carbons (Fsp3) is 0.333. The largest absolute Gasteiger partial charge is 0.444 e. The number of imidazole rings is 1. The lowest BCUT2D eigenvalue weighted by molar-refractivity contribution is -0.144. The average molecular weight is 221 g/mol. The molecule has 0 saturated carbocycles. The number of nitrogens with one attached hydrogen (secondary N) is 1. The number of hydrogen-bond donors (Lipinski definition) is 1. The van der Waals surface area contributed by atoms with E-state index in [4.69, 9.17) is 10.00 Å². The zero-order valence-electron chi connectivity index (χ0n) is 8.97. The number of esters is 1. The predicted molar refractivity (Wildman–Crippen MR) is 55.6 cm³/mol. The lowest BCUT2D eigenvalue weighted by atomic mass is 10.7. The van der Waals surface area contributed by atoms with Crippen molar-refractivity contribution >= 4 is 18.1 Å². The quantitative estimate of drug-likeness (QED) is 0.262. The van der Waals surface area contributed by atoms with Crippen LogP contribution in [-0.4, -0.2) is 21.9 Å². The lowest BCUT2D eigenvalue weighted by Crippen LogP contribution is -2.06. The van der Waals surface area contributed by atoms with Gasteiger partial charge in [0.2, 0.25) is 0 Å². The predicted octanol–water partition coefficient (Wildman–Crippen LogP) is 0.443. The Kier molecular flexibility index (Phi) is 4.03. The number of aromatic nitrogens is 2. The second-order valence-electron chi connectivity index (χ2n) is 2.90. The van der Waals surface area contributed by atoms with Crippen molar-refractivity contribution in [3.63, 3.8) is 0 Å². The van der Waals surface area contributed by atoms with Crippen LogP contribution in [0.1, 0.15) is 12.7 Å². The average Bonchev–Trinajstić information content (AvgIpc) is 2.57. The number of carbonyl (C=O) groups excluding carboxylic acids is 1. The summed E-state index contributed by atoms with van der Waals surface area (Å²) in [5.74, 6) is 0.752. The standard InChI is InChI=1S/C9H11N5O2/c1-7-13-9(12-5-11-4-10)3-14(7)6-16-8(2)15/h3,5H,6H2,1-2H3,(H,11,12). The highest BCUT2D eigenvalue weighted by atomic mass is 16.5. The van der Waals surface area contributed by atoms with Crippen LogP contribution in [0.4, 0.5) is 5.82 Å². The van der Waals surface area contributed by atoms with Crippen LogP contribution in [-0.2, 0) is 16.3 Å². The van der Waals surface area contributed by atoms with Crippen molar-refractivity contribution in [1.29, 1.82) is 5.26 Å². The van der Waals surface area contributed by atoms with Crippen LogP contribution < -0.4 is 5.32 Å². The molecule has 84 valence electrons. The highest BCUT2D eigenvalue weighted by molar-refractivity contribution is 5.65. The molecular formula is C9H11N5O2. The van der Waals surface area contributed by atoms with Gasteiger partial charge in [0.1, 0.15) is 12.2 Å². The van der Waals surface area contributed by atoms with Gasteiger partial charge in [-0.2, -0.15) is 5.26 Å². The number of aryl methyl sites for hydroxylation is 1. The second-order valence-corrected chi connectivity index (χ2v) is 2.90. The molecule has 7 heteroatoms. The fourth-order valence-corrected chi connectivity index (χ4v) is 0.972. The Morgan fingerprint density at radius 1 is 1.88 bits per heavy atom. The van der Waals surface area contributed by atoms with Crippen molar-refractivity contribution in [2.75, 3.05) is 0 Å². The summed E-state index contributed by atoms with van der Waals surface area (Å²) in [6.45, 7) is 3.21. The summed E-state index contributed by atoms with van der Waals surface area (Å²) in [5, 5.41) is 10.5. The summed E-state index contributed by atoms with van der Waals surface area (Å²) in [6, 6.07) is 0. The Morgan fingerprint density at radius 3 is 3.25 bits per heavy atom. The third-order valence-electron chi connectivity index (χ3n) is 1.70. The van der Waals surface area contributed by atoms with Crippen molar-refractivity contribution in [2.24, 2.45) is 4.99 Å². The van der Waals surface area contributed by atoms with Crippen LogP contribution in [0.5, 0.6) is 0 Å². The van der Waals surface area contributed by atoms with Crippen LogP contribution in [0.15, 0.2) is 11.2 Å². The minimum atomic E-state index is -0.357. The number of carbonyl (C=O) groups is 1. The van der Waals surface area contributed by atoms with Crippen molar-refractivity contribution in [1.82, 2.24) is 14.9 Å². The van der Waals surface area contributed by atoms with Crippen LogP contribution in [0.3, 0.4) is 0 Å². The third kappa shape index (κ3) is 3.42. The Balaban J connectivity index is 2.66. The first-order valence-electron chi connectivity index (χ1n) is 4.47. The Bertz CT molecular complexity index is 443. The molecule has 0 spiro atoms. The molecule has 7 nitrogen and oxygen atoms in total. The molecule has 0 amide bonds. The fourth-order valence-electron chi connectivity index (χ4n) is 0.972.